The van der Waals surface area contributed by atoms with Gasteiger partial charge in [-0.15, -0.1) is 0 Å². The fourth-order valence-electron chi connectivity index (χ4n) is 2.30. The van der Waals surface area contributed by atoms with Crippen molar-refractivity contribution in [2.45, 2.75) is 11.0 Å². The molecule has 2 N–H and O–H groups in total. The molecule has 0 saturated carbocycles. The first-order valence-corrected chi connectivity index (χ1v) is 9.94. The van der Waals surface area contributed by atoms with E-state index >= 15 is 0 Å². The van der Waals surface area contributed by atoms with Gasteiger partial charge in [0.1, 0.15) is 29.1 Å². The van der Waals surface area contributed by atoms with Crippen LogP contribution < -0.4 is 14.8 Å². The van der Waals surface area contributed by atoms with Crippen LogP contribution in [0.4, 0.5) is 0 Å². The average molecular weight is 408 g/mol. The van der Waals surface area contributed by atoms with Crippen LogP contribution in [0.1, 0.15) is 10.4 Å². The quantitative estimate of drug-likeness (QED) is 0.644. The third-order valence-corrected chi connectivity index (χ3v) is 5.70. The van der Waals surface area contributed by atoms with Crippen molar-refractivity contribution in [1.82, 2.24) is 9.62 Å². The molecule has 0 radical (unpaired) electrons. The summed E-state index contributed by atoms with van der Waals surface area (Å²) in [5.74, 6) is 0.236. The second-order valence-corrected chi connectivity index (χ2v) is 8.26. The summed E-state index contributed by atoms with van der Waals surface area (Å²) in [5.41, 5.74) is 0.136. The Morgan fingerprint density at radius 1 is 1.18 bits per heavy atom. The Labute approximate surface area is 164 Å². The molecule has 9 heteroatoms. The summed E-state index contributed by atoms with van der Waals surface area (Å²) < 4.78 is 36.4. The third kappa shape index (κ3) is 5.44. The Morgan fingerprint density at radius 3 is 2.46 bits per heavy atom. The first-order valence-electron chi connectivity index (χ1n) is 8.50. The Balaban J connectivity index is 2.02. The van der Waals surface area contributed by atoms with Crippen molar-refractivity contribution < 1.29 is 27.8 Å². The number of para-hydroxylation sites is 1. The second kappa shape index (κ2) is 9.54. The average Bonchev–Trinajstić information content (AvgIpc) is 2.70. The number of ether oxygens (including phenoxy) is 2. The zero-order valence-corrected chi connectivity index (χ0v) is 16.8. The van der Waals surface area contributed by atoms with Gasteiger partial charge in [-0.3, -0.25) is 4.79 Å². The highest BCUT2D eigenvalue weighted by Crippen LogP contribution is 2.26. The monoisotopic (exact) mass is 408 g/mol. The van der Waals surface area contributed by atoms with E-state index in [0.717, 1.165) is 4.31 Å². The van der Waals surface area contributed by atoms with Gasteiger partial charge in [0, 0.05) is 26.2 Å². The van der Waals surface area contributed by atoms with Crippen molar-refractivity contribution in [3.63, 3.8) is 0 Å². The van der Waals surface area contributed by atoms with Gasteiger partial charge in [-0.1, -0.05) is 18.2 Å². The molecule has 0 fully saturated rings. The minimum atomic E-state index is -3.79. The normalized spacial score (nSPS) is 12.5. The Hall–Kier alpha value is -2.62. The fourth-order valence-corrected chi connectivity index (χ4v) is 3.37. The SMILES string of the molecule is COc1ccc(C(=O)NCC(O)COc2ccccc2)cc1S(=O)(=O)N(C)C. The van der Waals surface area contributed by atoms with Gasteiger partial charge < -0.3 is 19.9 Å². The highest BCUT2D eigenvalue weighted by Gasteiger charge is 2.24. The third-order valence-electron chi connectivity index (χ3n) is 3.87. The highest BCUT2D eigenvalue weighted by atomic mass is 32.2. The van der Waals surface area contributed by atoms with Crippen LogP contribution in [0.15, 0.2) is 53.4 Å². The predicted molar refractivity (Wildman–Crippen MR) is 104 cm³/mol. The van der Waals surface area contributed by atoms with Crippen molar-refractivity contribution in [3.8, 4) is 11.5 Å². The highest BCUT2D eigenvalue weighted by molar-refractivity contribution is 7.89. The summed E-state index contributed by atoms with van der Waals surface area (Å²) in [6, 6.07) is 13.1. The lowest BCUT2D eigenvalue weighted by atomic mass is 10.2. The molecule has 0 heterocycles. The van der Waals surface area contributed by atoms with E-state index in [1.807, 2.05) is 18.2 Å². The molecule has 152 valence electrons. The minimum Gasteiger partial charge on any atom is -0.495 e. The largest absolute Gasteiger partial charge is 0.495 e. The summed E-state index contributed by atoms with van der Waals surface area (Å²) in [4.78, 5) is 12.2. The fraction of sp³-hybridized carbons (Fsp3) is 0.316. The second-order valence-electron chi connectivity index (χ2n) is 6.14. The van der Waals surface area contributed by atoms with E-state index in [-0.39, 0.29) is 29.4 Å². The lowest BCUT2D eigenvalue weighted by Crippen LogP contribution is -2.35. The summed E-state index contributed by atoms with van der Waals surface area (Å²) in [6.45, 7) is -0.0410. The Bertz CT molecular complexity index is 900. The number of benzene rings is 2. The molecule has 8 nitrogen and oxygen atoms in total. The maximum absolute atomic E-state index is 12.4. The zero-order chi connectivity index (χ0) is 20.7. The smallest absolute Gasteiger partial charge is 0.251 e. The zero-order valence-electron chi connectivity index (χ0n) is 16.0. The molecule has 0 bridgehead atoms. The van der Waals surface area contributed by atoms with E-state index in [1.165, 1.54) is 39.4 Å². The van der Waals surface area contributed by atoms with Gasteiger partial charge in [0.2, 0.25) is 10.0 Å². The molecular formula is C19H24N2O6S. The molecule has 2 aromatic rings. The molecule has 0 spiro atoms. The number of hydrogen-bond donors (Lipinski definition) is 2. The molecule has 2 rings (SSSR count). The minimum absolute atomic E-state index is 0.00711. The van der Waals surface area contributed by atoms with Crippen LogP contribution in [0, 0.1) is 0 Å². The van der Waals surface area contributed by atoms with Gasteiger partial charge in [0.25, 0.3) is 5.91 Å². The number of sulfonamides is 1. The number of rotatable bonds is 9. The molecule has 1 unspecified atom stereocenters. The summed E-state index contributed by atoms with van der Waals surface area (Å²) >= 11 is 0. The molecule has 1 atom stereocenters. The van der Waals surface area contributed by atoms with E-state index in [1.54, 1.807) is 12.1 Å². The molecule has 0 aromatic heterocycles. The van der Waals surface area contributed by atoms with E-state index in [0.29, 0.717) is 5.75 Å². The van der Waals surface area contributed by atoms with E-state index < -0.39 is 22.0 Å². The van der Waals surface area contributed by atoms with Gasteiger partial charge in [-0.2, -0.15) is 0 Å². The van der Waals surface area contributed by atoms with Crippen molar-refractivity contribution in [1.29, 1.82) is 0 Å². The van der Waals surface area contributed by atoms with Gasteiger partial charge in [0.15, 0.2) is 0 Å². The van der Waals surface area contributed by atoms with Crippen LogP contribution in [0.5, 0.6) is 11.5 Å². The van der Waals surface area contributed by atoms with Crippen LogP contribution in [-0.2, 0) is 10.0 Å². The van der Waals surface area contributed by atoms with Gasteiger partial charge in [-0.05, 0) is 30.3 Å². The van der Waals surface area contributed by atoms with E-state index in [4.69, 9.17) is 9.47 Å². The molecule has 0 aliphatic heterocycles. The topological polar surface area (TPSA) is 105 Å². The van der Waals surface area contributed by atoms with Gasteiger partial charge >= 0.3 is 0 Å². The summed E-state index contributed by atoms with van der Waals surface area (Å²) in [5, 5.41) is 12.5. The van der Waals surface area contributed by atoms with Crippen molar-refractivity contribution in [3.05, 3.63) is 54.1 Å². The maximum atomic E-state index is 12.4. The number of carbonyl (C=O) groups excluding carboxylic acids is 1. The molecule has 0 aliphatic rings. The first-order chi connectivity index (χ1) is 13.3. The standard InChI is InChI=1S/C19H24N2O6S/c1-21(2)28(24,25)18-11-14(9-10-17(18)26-3)19(23)20-12-15(22)13-27-16-7-5-4-6-8-16/h4-11,15,22H,12-13H2,1-3H3,(H,20,23). The number of carbonyl (C=O) groups is 1. The van der Waals surface area contributed by atoms with Crippen LogP contribution >= 0.6 is 0 Å². The molecule has 0 aliphatic carbocycles. The molecular weight excluding hydrogens is 384 g/mol. The summed E-state index contributed by atoms with van der Waals surface area (Å²) in [6.07, 6.45) is -0.924. The lowest BCUT2D eigenvalue weighted by molar-refractivity contribution is 0.0843. The maximum Gasteiger partial charge on any atom is 0.251 e. The predicted octanol–water partition coefficient (Wildman–Crippen LogP) is 1.12. The van der Waals surface area contributed by atoms with Crippen LogP contribution in [0.2, 0.25) is 0 Å². The number of aliphatic hydroxyl groups excluding tert-OH is 1. The number of methoxy groups -OCH3 is 1. The van der Waals surface area contributed by atoms with Gasteiger partial charge in [0.05, 0.1) is 7.11 Å². The Kier molecular flexibility index (Phi) is 7.38. The number of nitrogens with one attached hydrogen (secondary N) is 1. The molecule has 28 heavy (non-hydrogen) atoms. The van der Waals surface area contributed by atoms with Crippen molar-refractivity contribution >= 4 is 15.9 Å². The molecule has 2 aromatic carbocycles. The molecule has 1 amide bonds. The van der Waals surface area contributed by atoms with Crippen LogP contribution in [0.25, 0.3) is 0 Å². The number of aliphatic hydroxyl groups is 1. The number of nitrogens with zero attached hydrogens (tertiary/aromatic N) is 1. The van der Waals surface area contributed by atoms with Crippen LogP contribution in [0.3, 0.4) is 0 Å². The van der Waals surface area contributed by atoms with Gasteiger partial charge in [-0.25, -0.2) is 12.7 Å². The van der Waals surface area contributed by atoms with E-state index in [2.05, 4.69) is 5.32 Å². The number of hydrogen-bond acceptors (Lipinski definition) is 6. The summed E-state index contributed by atoms with van der Waals surface area (Å²) in [7, 11) is 0.354. The number of amides is 1. The van der Waals surface area contributed by atoms with E-state index in [9.17, 15) is 18.3 Å². The van der Waals surface area contributed by atoms with Crippen molar-refractivity contribution in [2.75, 3.05) is 34.4 Å². The Morgan fingerprint density at radius 2 is 1.86 bits per heavy atom. The van der Waals surface area contributed by atoms with Crippen molar-refractivity contribution in [2.24, 2.45) is 0 Å². The molecule has 0 saturated heterocycles. The first kappa shape index (κ1) is 21.7. The lowest BCUT2D eigenvalue weighted by Gasteiger charge is -2.16. The van der Waals surface area contributed by atoms with Crippen LogP contribution in [-0.4, -0.2) is 64.2 Å².